The van der Waals surface area contributed by atoms with Gasteiger partial charge in [-0.1, -0.05) is 60.3 Å². The molecule has 2 aliphatic rings. The first-order valence-corrected chi connectivity index (χ1v) is 10.4. The molecule has 2 aromatic rings. The van der Waals surface area contributed by atoms with Gasteiger partial charge in [-0.25, -0.2) is 0 Å². The zero-order valence-corrected chi connectivity index (χ0v) is 17.1. The molecular formula is C22H21Cl2NO4. The van der Waals surface area contributed by atoms with Crippen molar-refractivity contribution in [3.63, 3.8) is 0 Å². The van der Waals surface area contributed by atoms with Gasteiger partial charge in [-0.3, -0.25) is 9.59 Å². The molecule has 29 heavy (non-hydrogen) atoms. The third kappa shape index (κ3) is 3.52. The number of aliphatic hydroxyl groups excluding tert-OH is 1. The summed E-state index contributed by atoms with van der Waals surface area (Å²) in [6.07, 6.45) is 2.23. The number of rotatable bonds is 3. The van der Waals surface area contributed by atoms with Crippen LogP contribution >= 0.6 is 23.2 Å². The van der Waals surface area contributed by atoms with E-state index in [1.807, 2.05) is 0 Å². The van der Waals surface area contributed by atoms with E-state index in [4.69, 9.17) is 23.2 Å². The molecule has 2 N–H and O–H groups in total. The smallest absolute Gasteiger partial charge is 0.313 e. The zero-order valence-electron chi connectivity index (χ0n) is 15.6. The van der Waals surface area contributed by atoms with E-state index >= 15 is 0 Å². The maximum Gasteiger partial charge on any atom is 0.313 e. The van der Waals surface area contributed by atoms with Crippen molar-refractivity contribution in [1.29, 1.82) is 0 Å². The number of benzene rings is 2. The first-order valence-electron chi connectivity index (χ1n) is 9.67. The van der Waals surface area contributed by atoms with Crippen LogP contribution in [-0.2, 0) is 4.79 Å². The van der Waals surface area contributed by atoms with Gasteiger partial charge in [-0.2, -0.15) is 0 Å². The van der Waals surface area contributed by atoms with E-state index in [-0.39, 0.29) is 5.91 Å². The minimum atomic E-state index is -1.05. The average molecular weight is 434 g/mol. The molecule has 7 heteroatoms. The Morgan fingerprint density at radius 1 is 1.03 bits per heavy atom. The van der Waals surface area contributed by atoms with Crippen LogP contribution in [0.1, 0.15) is 59.1 Å². The first-order chi connectivity index (χ1) is 13.9. The molecule has 0 radical (unpaired) electrons. The molecule has 152 valence electrons. The highest BCUT2D eigenvalue weighted by atomic mass is 35.5. The Hall–Kier alpha value is -2.08. The van der Waals surface area contributed by atoms with Crippen molar-refractivity contribution in [3.8, 4) is 0 Å². The average Bonchev–Trinajstić information content (AvgIpc) is 2.69. The van der Waals surface area contributed by atoms with Gasteiger partial charge in [0.15, 0.2) is 0 Å². The van der Waals surface area contributed by atoms with Gasteiger partial charge in [0.2, 0.25) is 0 Å². The molecule has 0 saturated heterocycles. The molecule has 5 nitrogen and oxygen atoms in total. The Balaban J connectivity index is 1.94. The van der Waals surface area contributed by atoms with Crippen molar-refractivity contribution in [3.05, 3.63) is 69.2 Å². The maximum absolute atomic E-state index is 13.5. The van der Waals surface area contributed by atoms with Crippen LogP contribution in [0.25, 0.3) is 0 Å². The normalized spacial score (nSPS) is 26.9. The molecular weight excluding hydrogens is 413 g/mol. The third-order valence-corrected chi connectivity index (χ3v) is 6.54. The van der Waals surface area contributed by atoms with Gasteiger partial charge < -0.3 is 15.1 Å². The van der Waals surface area contributed by atoms with Gasteiger partial charge in [0.05, 0.1) is 18.2 Å². The second-order valence-corrected chi connectivity index (χ2v) is 8.49. The summed E-state index contributed by atoms with van der Waals surface area (Å²) in [7, 11) is 0. The topological polar surface area (TPSA) is 77.8 Å². The van der Waals surface area contributed by atoms with E-state index in [2.05, 4.69) is 0 Å². The Morgan fingerprint density at radius 2 is 1.76 bits per heavy atom. The van der Waals surface area contributed by atoms with Crippen LogP contribution in [0.15, 0.2) is 42.5 Å². The summed E-state index contributed by atoms with van der Waals surface area (Å²) in [5.74, 6) is -2.33. The molecule has 0 spiro atoms. The molecule has 2 unspecified atom stereocenters. The van der Waals surface area contributed by atoms with Gasteiger partial charge in [0.25, 0.3) is 5.91 Å². The Labute approximate surface area is 178 Å². The number of aliphatic hydroxyl groups is 1. The number of carboxylic acids is 1. The highest BCUT2D eigenvalue weighted by Crippen LogP contribution is 2.47. The number of halogens is 2. The summed E-state index contributed by atoms with van der Waals surface area (Å²) in [6.45, 7) is 0. The SMILES string of the molecule is O=C(O)C1c2ccccc2C(=O)N([C@@H]2CCCC[C@H]2O)C1c1ccc(Cl)cc1Cl. The van der Waals surface area contributed by atoms with Gasteiger partial charge in [0.1, 0.15) is 5.92 Å². The lowest BCUT2D eigenvalue weighted by Crippen LogP contribution is -2.54. The Bertz CT molecular complexity index is 964. The number of amides is 1. The van der Waals surface area contributed by atoms with Crippen molar-refractivity contribution in [2.45, 2.75) is 49.8 Å². The summed E-state index contributed by atoms with van der Waals surface area (Å²) in [5.41, 5.74) is 1.34. The number of carbonyl (C=O) groups excluding carboxylic acids is 1. The van der Waals surface area contributed by atoms with Crippen molar-refractivity contribution < 1.29 is 19.8 Å². The number of fused-ring (bicyclic) bond motifs is 1. The van der Waals surface area contributed by atoms with Crippen LogP contribution < -0.4 is 0 Å². The number of carboxylic acid groups (broad SMARTS) is 1. The Morgan fingerprint density at radius 3 is 2.45 bits per heavy atom. The number of aliphatic carboxylic acids is 1. The van der Waals surface area contributed by atoms with Crippen molar-refractivity contribution in [1.82, 2.24) is 4.90 Å². The van der Waals surface area contributed by atoms with Crippen LogP contribution in [0.4, 0.5) is 0 Å². The summed E-state index contributed by atoms with van der Waals surface area (Å²) in [6, 6.07) is 10.3. The molecule has 2 aromatic carbocycles. The summed E-state index contributed by atoms with van der Waals surface area (Å²) < 4.78 is 0. The molecule has 1 heterocycles. The molecule has 4 atom stereocenters. The highest BCUT2D eigenvalue weighted by molar-refractivity contribution is 6.35. The standard InChI is InChI=1S/C22H21Cl2NO4/c23-12-9-10-15(16(24)11-12)20-19(22(28)29)13-5-1-2-6-14(13)21(27)25(20)17-7-3-4-8-18(17)26/h1-2,5-6,9-11,17-20,26H,3-4,7-8H2,(H,28,29)/t17-,18-,19?,20?/m1/s1. The van der Waals surface area contributed by atoms with Crippen LogP contribution in [-0.4, -0.2) is 39.1 Å². The molecule has 1 aliphatic carbocycles. The fourth-order valence-corrected chi connectivity index (χ4v) is 5.19. The number of hydrogen-bond donors (Lipinski definition) is 2. The second kappa shape index (κ2) is 7.98. The lowest BCUT2D eigenvalue weighted by molar-refractivity contribution is -0.141. The first kappa shape index (κ1) is 20.2. The number of carbonyl (C=O) groups is 2. The highest BCUT2D eigenvalue weighted by Gasteiger charge is 2.48. The van der Waals surface area contributed by atoms with Crippen molar-refractivity contribution in [2.24, 2.45) is 0 Å². The van der Waals surface area contributed by atoms with E-state index in [9.17, 15) is 19.8 Å². The minimum Gasteiger partial charge on any atom is -0.481 e. The van der Waals surface area contributed by atoms with Crippen LogP contribution in [0, 0.1) is 0 Å². The molecule has 4 rings (SSSR count). The van der Waals surface area contributed by atoms with E-state index in [0.717, 1.165) is 12.8 Å². The fraction of sp³-hybridized carbons (Fsp3) is 0.364. The van der Waals surface area contributed by atoms with Crippen LogP contribution in [0.2, 0.25) is 10.0 Å². The third-order valence-electron chi connectivity index (χ3n) is 5.97. The fourth-order valence-electron chi connectivity index (χ4n) is 4.67. The molecule has 0 aromatic heterocycles. The van der Waals surface area contributed by atoms with Gasteiger partial charge in [-0.05, 0) is 42.2 Å². The molecule has 1 aliphatic heterocycles. The van der Waals surface area contributed by atoms with Crippen LogP contribution in [0.5, 0.6) is 0 Å². The Kier molecular flexibility index (Phi) is 5.56. The largest absolute Gasteiger partial charge is 0.481 e. The van der Waals surface area contributed by atoms with Crippen molar-refractivity contribution in [2.75, 3.05) is 0 Å². The quantitative estimate of drug-likeness (QED) is 0.737. The van der Waals surface area contributed by atoms with Crippen LogP contribution in [0.3, 0.4) is 0 Å². The predicted octanol–water partition coefficient (Wildman–Crippen LogP) is 4.66. The van der Waals surface area contributed by atoms with Crippen molar-refractivity contribution >= 4 is 35.1 Å². The summed E-state index contributed by atoms with van der Waals surface area (Å²) >= 11 is 12.5. The van der Waals surface area contributed by atoms with E-state index in [0.29, 0.717) is 39.6 Å². The van der Waals surface area contributed by atoms with E-state index in [1.165, 1.54) is 0 Å². The molecule has 1 amide bonds. The van der Waals surface area contributed by atoms with E-state index in [1.54, 1.807) is 47.4 Å². The monoisotopic (exact) mass is 433 g/mol. The lowest BCUT2D eigenvalue weighted by Gasteiger charge is -2.47. The number of hydrogen-bond acceptors (Lipinski definition) is 3. The van der Waals surface area contributed by atoms with Gasteiger partial charge in [0, 0.05) is 15.6 Å². The second-order valence-electron chi connectivity index (χ2n) is 7.65. The molecule has 1 fully saturated rings. The molecule has 0 bridgehead atoms. The maximum atomic E-state index is 13.5. The number of nitrogens with zero attached hydrogens (tertiary/aromatic N) is 1. The summed E-state index contributed by atoms with van der Waals surface area (Å²) in [4.78, 5) is 27.5. The zero-order chi connectivity index (χ0) is 20.7. The predicted molar refractivity (Wildman–Crippen MR) is 110 cm³/mol. The summed E-state index contributed by atoms with van der Waals surface area (Å²) in [5, 5.41) is 21.6. The van der Waals surface area contributed by atoms with E-state index < -0.39 is 30.1 Å². The lowest BCUT2D eigenvalue weighted by atomic mass is 9.77. The van der Waals surface area contributed by atoms with Gasteiger partial charge in [-0.15, -0.1) is 0 Å². The van der Waals surface area contributed by atoms with Gasteiger partial charge >= 0.3 is 5.97 Å². The minimum absolute atomic E-state index is 0.278. The molecule has 1 saturated carbocycles.